The molecule has 2 heterocycles. The van der Waals surface area contributed by atoms with Crippen LogP contribution in [0.3, 0.4) is 0 Å². The van der Waals surface area contributed by atoms with Crippen molar-refractivity contribution >= 4 is 0 Å². The smallest absolute Gasteiger partial charge is 0.178 e. The van der Waals surface area contributed by atoms with Gasteiger partial charge in [-0.2, -0.15) is 0 Å². The molecule has 3 nitrogen and oxygen atoms in total. The van der Waals surface area contributed by atoms with Crippen molar-refractivity contribution < 1.29 is 0 Å². The highest BCUT2D eigenvalue weighted by molar-refractivity contribution is 5.50. The highest BCUT2D eigenvalue weighted by atomic mass is 14.9. The van der Waals surface area contributed by atoms with Gasteiger partial charge in [0.2, 0.25) is 0 Å². The minimum Gasteiger partial charge on any atom is -0.253 e. The molecule has 0 aliphatic heterocycles. The molecule has 0 fully saturated rings. The molecule has 0 amide bonds. The summed E-state index contributed by atoms with van der Waals surface area (Å²) in [7, 11) is 0. The molecule has 2 aromatic heterocycles. The second kappa shape index (κ2) is 3.67. The quantitative estimate of drug-likeness (QED) is 0.726. The summed E-state index contributed by atoms with van der Waals surface area (Å²) in [6.45, 7) is 2.07. The van der Waals surface area contributed by atoms with Gasteiger partial charge in [-0.25, -0.2) is 9.97 Å². The Morgan fingerprint density at radius 1 is 1.12 bits per heavy atom. The van der Waals surface area contributed by atoms with Gasteiger partial charge in [0.05, 0.1) is 0 Å². The second-order valence-corrected chi connectivity index (χ2v) is 4.13. The fourth-order valence-corrected chi connectivity index (χ4v) is 2.23. The molecule has 3 rings (SSSR count). The molecular weight excluding hydrogens is 198 g/mol. The van der Waals surface area contributed by atoms with E-state index in [0.29, 0.717) is 0 Å². The molecule has 80 valence electrons. The van der Waals surface area contributed by atoms with Gasteiger partial charge >= 0.3 is 0 Å². The van der Waals surface area contributed by atoms with E-state index in [0.717, 1.165) is 30.1 Å². The first-order valence-electron chi connectivity index (χ1n) is 5.62. The number of pyridine rings is 1. The first kappa shape index (κ1) is 9.46. The third kappa shape index (κ3) is 1.48. The van der Waals surface area contributed by atoms with Crippen molar-refractivity contribution in [3.8, 4) is 11.5 Å². The normalized spacial score (nSPS) is 13.8. The summed E-state index contributed by atoms with van der Waals surface area (Å²) in [5, 5.41) is 0. The van der Waals surface area contributed by atoms with E-state index >= 15 is 0 Å². The largest absolute Gasteiger partial charge is 0.253 e. The number of fused-ring (bicyclic) bond motifs is 1. The molecule has 0 saturated heterocycles. The number of aryl methyl sites for hydroxylation is 2. The number of rotatable bonds is 1. The monoisotopic (exact) mass is 211 g/mol. The average Bonchev–Trinajstić information content (AvgIpc) is 2.79. The molecule has 0 atom stereocenters. The Bertz CT molecular complexity index is 520. The van der Waals surface area contributed by atoms with Crippen LogP contribution in [0.4, 0.5) is 0 Å². The molecule has 16 heavy (non-hydrogen) atoms. The fourth-order valence-electron chi connectivity index (χ4n) is 2.23. The molecule has 0 saturated carbocycles. The van der Waals surface area contributed by atoms with Crippen LogP contribution in [0.2, 0.25) is 0 Å². The van der Waals surface area contributed by atoms with Crippen molar-refractivity contribution in [1.29, 1.82) is 0 Å². The number of hydrogen-bond donors (Lipinski definition) is 0. The van der Waals surface area contributed by atoms with E-state index in [9.17, 15) is 0 Å². The Balaban J connectivity index is 2.13. The maximum Gasteiger partial charge on any atom is 0.178 e. The summed E-state index contributed by atoms with van der Waals surface area (Å²) in [6.07, 6.45) is 5.19. The second-order valence-electron chi connectivity index (χ2n) is 4.13. The SMILES string of the molecule is Cc1nc(-c2ccccn2)nc2c1CCC2. The van der Waals surface area contributed by atoms with Crippen LogP contribution in [0.15, 0.2) is 24.4 Å². The van der Waals surface area contributed by atoms with Crippen LogP contribution in [0.1, 0.15) is 23.4 Å². The Kier molecular flexibility index (Phi) is 2.17. The molecule has 0 aromatic carbocycles. The summed E-state index contributed by atoms with van der Waals surface area (Å²) in [5.41, 5.74) is 4.54. The fraction of sp³-hybridized carbons (Fsp3) is 0.308. The Hall–Kier alpha value is -1.77. The Morgan fingerprint density at radius 3 is 2.88 bits per heavy atom. The highest BCUT2D eigenvalue weighted by Gasteiger charge is 2.17. The van der Waals surface area contributed by atoms with E-state index in [4.69, 9.17) is 0 Å². The summed E-state index contributed by atoms with van der Waals surface area (Å²) in [5.74, 6) is 0.763. The van der Waals surface area contributed by atoms with Gasteiger partial charge in [0, 0.05) is 17.6 Å². The van der Waals surface area contributed by atoms with Crippen LogP contribution in [-0.4, -0.2) is 15.0 Å². The summed E-state index contributed by atoms with van der Waals surface area (Å²) < 4.78 is 0. The number of hydrogen-bond acceptors (Lipinski definition) is 3. The van der Waals surface area contributed by atoms with Crippen LogP contribution in [0.25, 0.3) is 11.5 Å². The van der Waals surface area contributed by atoms with Crippen LogP contribution >= 0.6 is 0 Å². The van der Waals surface area contributed by atoms with Gasteiger partial charge in [-0.3, -0.25) is 4.98 Å². The van der Waals surface area contributed by atoms with E-state index in [1.807, 2.05) is 18.2 Å². The molecule has 0 unspecified atom stereocenters. The maximum atomic E-state index is 4.61. The van der Waals surface area contributed by atoms with Gasteiger partial charge in [-0.1, -0.05) is 6.07 Å². The number of nitrogens with zero attached hydrogens (tertiary/aromatic N) is 3. The Labute approximate surface area is 94.6 Å². The third-order valence-corrected chi connectivity index (χ3v) is 3.03. The molecule has 2 aromatic rings. The molecular formula is C13H13N3. The lowest BCUT2D eigenvalue weighted by atomic mass is 10.2. The summed E-state index contributed by atoms with van der Waals surface area (Å²) >= 11 is 0. The van der Waals surface area contributed by atoms with Crippen molar-refractivity contribution in [3.63, 3.8) is 0 Å². The van der Waals surface area contributed by atoms with Crippen molar-refractivity contribution in [2.75, 3.05) is 0 Å². The van der Waals surface area contributed by atoms with Gasteiger partial charge in [0.1, 0.15) is 5.69 Å². The van der Waals surface area contributed by atoms with E-state index in [-0.39, 0.29) is 0 Å². The average molecular weight is 211 g/mol. The first-order valence-corrected chi connectivity index (χ1v) is 5.62. The van der Waals surface area contributed by atoms with Gasteiger partial charge < -0.3 is 0 Å². The Morgan fingerprint density at radius 2 is 2.06 bits per heavy atom. The minimum atomic E-state index is 0.763. The minimum absolute atomic E-state index is 0.763. The van der Waals surface area contributed by atoms with E-state index < -0.39 is 0 Å². The zero-order valence-electron chi connectivity index (χ0n) is 9.27. The van der Waals surface area contributed by atoms with Gasteiger partial charge in [0.15, 0.2) is 5.82 Å². The first-order chi connectivity index (χ1) is 7.84. The standard InChI is InChI=1S/C13H13N3/c1-9-10-5-4-7-11(10)16-13(15-9)12-6-2-3-8-14-12/h2-3,6,8H,4-5,7H2,1H3. The molecule has 0 spiro atoms. The van der Waals surface area contributed by atoms with Crippen molar-refractivity contribution in [1.82, 2.24) is 15.0 Å². The van der Waals surface area contributed by atoms with Crippen LogP contribution < -0.4 is 0 Å². The van der Waals surface area contributed by atoms with Crippen LogP contribution in [0.5, 0.6) is 0 Å². The molecule has 1 aliphatic carbocycles. The highest BCUT2D eigenvalue weighted by Crippen LogP contribution is 2.24. The summed E-state index contributed by atoms with van der Waals surface area (Å²) in [4.78, 5) is 13.4. The lowest BCUT2D eigenvalue weighted by Gasteiger charge is -2.05. The molecule has 0 N–H and O–H groups in total. The van der Waals surface area contributed by atoms with E-state index in [1.54, 1.807) is 6.20 Å². The zero-order chi connectivity index (χ0) is 11.0. The maximum absolute atomic E-state index is 4.61. The third-order valence-electron chi connectivity index (χ3n) is 3.03. The van der Waals surface area contributed by atoms with Gasteiger partial charge in [-0.05, 0) is 43.9 Å². The molecule has 1 aliphatic rings. The zero-order valence-corrected chi connectivity index (χ0v) is 9.27. The number of aromatic nitrogens is 3. The van der Waals surface area contributed by atoms with Crippen LogP contribution in [0, 0.1) is 6.92 Å². The predicted octanol–water partition coefficient (Wildman–Crippen LogP) is 2.34. The van der Waals surface area contributed by atoms with E-state index in [2.05, 4.69) is 21.9 Å². The van der Waals surface area contributed by atoms with Crippen molar-refractivity contribution in [2.24, 2.45) is 0 Å². The predicted molar refractivity (Wildman–Crippen MR) is 62.0 cm³/mol. The van der Waals surface area contributed by atoms with Crippen molar-refractivity contribution in [2.45, 2.75) is 26.2 Å². The lowest BCUT2D eigenvalue weighted by Crippen LogP contribution is -2.00. The van der Waals surface area contributed by atoms with Crippen molar-refractivity contribution in [3.05, 3.63) is 41.3 Å². The topological polar surface area (TPSA) is 38.7 Å². The summed E-state index contributed by atoms with van der Waals surface area (Å²) in [6, 6.07) is 5.83. The molecule has 3 heteroatoms. The van der Waals surface area contributed by atoms with Gasteiger partial charge in [0.25, 0.3) is 0 Å². The van der Waals surface area contributed by atoms with Crippen LogP contribution in [-0.2, 0) is 12.8 Å². The van der Waals surface area contributed by atoms with E-state index in [1.165, 1.54) is 17.7 Å². The molecule has 0 radical (unpaired) electrons. The molecule has 0 bridgehead atoms. The van der Waals surface area contributed by atoms with Gasteiger partial charge in [-0.15, -0.1) is 0 Å². The lowest BCUT2D eigenvalue weighted by molar-refractivity contribution is 0.898.